The predicted octanol–water partition coefficient (Wildman–Crippen LogP) is 4.82. The van der Waals surface area contributed by atoms with E-state index in [9.17, 15) is 9.50 Å². The third-order valence-corrected chi connectivity index (χ3v) is 4.01. The van der Waals surface area contributed by atoms with Gasteiger partial charge >= 0.3 is 0 Å². The molecule has 0 radical (unpaired) electrons. The number of hydrogen-bond donors (Lipinski definition) is 1. The van der Waals surface area contributed by atoms with Gasteiger partial charge in [-0.25, -0.2) is 4.39 Å². The number of benzene rings is 2. The molecule has 94 valence electrons. The predicted molar refractivity (Wildman–Crippen MR) is 79.6 cm³/mol. The van der Waals surface area contributed by atoms with Crippen molar-refractivity contribution >= 4 is 45.8 Å². The molecule has 2 aromatic rings. The highest BCUT2D eigenvalue weighted by molar-refractivity contribution is 14.1. The van der Waals surface area contributed by atoms with E-state index in [0.29, 0.717) is 24.7 Å². The maximum absolute atomic E-state index is 13.0. The second kappa shape index (κ2) is 5.74. The highest BCUT2D eigenvalue weighted by atomic mass is 127. The Labute approximate surface area is 128 Å². The van der Waals surface area contributed by atoms with E-state index in [1.54, 1.807) is 24.3 Å². The molecule has 0 aromatic heterocycles. The average Bonchev–Trinajstić information content (AvgIpc) is 2.28. The maximum atomic E-state index is 13.0. The van der Waals surface area contributed by atoms with Crippen LogP contribution >= 0.6 is 45.8 Å². The van der Waals surface area contributed by atoms with Crippen LogP contribution in [0.15, 0.2) is 36.4 Å². The molecule has 18 heavy (non-hydrogen) atoms. The standard InChI is InChI=1S/C13H8Cl2FIO/c14-7-1-3-9(11(15)5-7)13(18)10-4-2-8(16)6-12(10)17/h1-6,13,18H. The van der Waals surface area contributed by atoms with E-state index < -0.39 is 6.10 Å². The Balaban J connectivity index is 2.44. The molecule has 0 aliphatic rings. The average molecular weight is 397 g/mol. The fraction of sp³-hybridized carbons (Fsp3) is 0.0769. The molecule has 1 atom stereocenters. The van der Waals surface area contributed by atoms with Crippen molar-refractivity contribution in [2.24, 2.45) is 0 Å². The molecule has 0 bridgehead atoms. The molecule has 1 unspecified atom stereocenters. The van der Waals surface area contributed by atoms with Crippen molar-refractivity contribution < 1.29 is 9.50 Å². The van der Waals surface area contributed by atoms with Crippen LogP contribution in [0.4, 0.5) is 4.39 Å². The van der Waals surface area contributed by atoms with Crippen LogP contribution in [0, 0.1) is 9.39 Å². The second-order valence-electron chi connectivity index (χ2n) is 3.73. The summed E-state index contributed by atoms with van der Waals surface area (Å²) in [5, 5.41) is 11.2. The van der Waals surface area contributed by atoms with Crippen LogP contribution in [-0.2, 0) is 0 Å². The molecule has 0 aliphatic carbocycles. The van der Waals surface area contributed by atoms with Gasteiger partial charge in [-0.15, -0.1) is 0 Å². The first kappa shape index (κ1) is 14.1. The van der Waals surface area contributed by atoms with Gasteiger partial charge in [-0.3, -0.25) is 0 Å². The van der Waals surface area contributed by atoms with Gasteiger partial charge in [0.1, 0.15) is 11.9 Å². The minimum atomic E-state index is -0.901. The Morgan fingerprint density at radius 3 is 2.33 bits per heavy atom. The summed E-state index contributed by atoms with van der Waals surface area (Å²) in [6.07, 6.45) is -0.901. The van der Waals surface area contributed by atoms with E-state index in [1.165, 1.54) is 12.1 Å². The lowest BCUT2D eigenvalue weighted by molar-refractivity contribution is 0.219. The zero-order chi connectivity index (χ0) is 13.3. The van der Waals surface area contributed by atoms with Crippen molar-refractivity contribution in [2.75, 3.05) is 0 Å². The Morgan fingerprint density at radius 1 is 1.06 bits per heavy atom. The van der Waals surface area contributed by atoms with Crippen molar-refractivity contribution in [3.63, 3.8) is 0 Å². The van der Waals surface area contributed by atoms with Gasteiger partial charge in [0.05, 0.1) is 0 Å². The minimum absolute atomic E-state index is 0.336. The van der Waals surface area contributed by atoms with E-state index in [0.717, 1.165) is 0 Å². The summed E-state index contributed by atoms with van der Waals surface area (Å²) in [6.45, 7) is 0. The number of aliphatic hydroxyl groups is 1. The van der Waals surface area contributed by atoms with Crippen LogP contribution in [0.2, 0.25) is 10.0 Å². The third kappa shape index (κ3) is 2.96. The first-order chi connectivity index (χ1) is 8.49. The van der Waals surface area contributed by atoms with E-state index in [2.05, 4.69) is 0 Å². The smallest absolute Gasteiger partial charge is 0.124 e. The number of halogens is 4. The Morgan fingerprint density at radius 2 is 1.72 bits per heavy atom. The minimum Gasteiger partial charge on any atom is -0.384 e. The van der Waals surface area contributed by atoms with E-state index in [-0.39, 0.29) is 5.82 Å². The Bertz CT molecular complexity index is 538. The van der Waals surface area contributed by atoms with Crippen LogP contribution in [-0.4, -0.2) is 5.11 Å². The van der Waals surface area contributed by atoms with Gasteiger partial charge in [-0.2, -0.15) is 0 Å². The monoisotopic (exact) mass is 396 g/mol. The molecule has 0 aliphatic heterocycles. The van der Waals surface area contributed by atoms with Crippen LogP contribution in [0.25, 0.3) is 0 Å². The molecule has 1 N–H and O–H groups in total. The molecule has 0 saturated heterocycles. The first-order valence-corrected chi connectivity index (χ1v) is 6.90. The maximum Gasteiger partial charge on any atom is 0.124 e. The van der Waals surface area contributed by atoms with Crippen LogP contribution < -0.4 is 0 Å². The summed E-state index contributed by atoms with van der Waals surface area (Å²) in [7, 11) is 0. The highest BCUT2D eigenvalue weighted by Gasteiger charge is 2.17. The topological polar surface area (TPSA) is 20.2 Å². The lowest BCUT2D eigenvalue weighted by atomic mass is 10.0. The molecule has 5 heteroatoms. The van der Waals surface area contributed by atoms with Crippen LogP contribution in [0.1, 0.15) is 17.2 Å². The first-order valence-electron chi connectivity index (χ1n) is 5.07. The van der Waals surface area contributed by atoms with E-state index in [1.807, 2.05) is 22.6 Å². The normalized spacial score (nSPS) is 12.5. The summed E-state index contributed by atoms with van der Waals surface area (Å²) < 4.78 is 13.7. The quantitative estimate of drug-likeness (QED) is 0.721. The number of rotatable bonds is 2. The molecule has 0 amide bonds. The molecule has 0 spiro atoms. The molecule has 1 nitrogen and oxygen atoms in total. The molecule has 2 aromatic carbocycles. The van der Waals surface area contributed by atoms with Gasteiger partial charge in [0.2, 0.25) is 0 Å². The summed E-state index contributed by atoms with van der Waals surface area (Å²) in [4.78, 5) is 0. The summed E-state index contributed by atoms with van der Waals surface area (Å²) in [5.41, 5.74) is 1.16. The third-order valence-electron chi connectivity index (χ3n) is 2.51. The Hall–Kier alpha value is -0.360. The van der Waals surface area contributed by atoms with Crippen molar-refractivity contribution in [3.8, 4) is 0 Å². The fourth-order valence-corrected chi connectivity index (χ4v) is 2.90. The van der Waals surface area contributed by atoms with Gasteiger partial charge in [0, 0.05) is 19.2 Å². The number of hydrogen-bond acceptors (Lipinski definition) is 1. The van der Waals surface area contributed by atoms with Crippen molar-refractivity contribution in [1.29, 1.82) is 0 Å². The molecule has 0 heterocycles. The lowest BCUT2D eigenvalue weighted by Gasteiger charge is -2.15. The Kier molecular flexibility index (Phi) is 4.48. The second-order valence-corrected chi connectivity index (χ2v) is 5.74. The molecule has 2 rings (SSSR count). The highest BCUT2D eigenvalue weighted by Crippen LogP contribution is 2.32. The molecular weight excluding hydrogens is 389 g/mol. The van der Waals surface area contributed by atoms with Crippen molar-refractivity contribution in [3.05, 3.63) is 67.0 Å². The van der Waals surface area contributed by atoms with Crippen LogP contribution in [0.3, 0.4) is 0 Å². The van der Waals surface area contributed by atoms with E-state index >= 15 is 0 Å². The zero-order valence-electron chi connectivity index (χ0n) is 9.00. The van der Waals surface area contributed by atoms with Crippen molar-refractivity contribution in [1.82, 2.24) is 0 Å². The van der Waals surface area contributed by atoms with E-state index in [4.69, 9.17) is 23.2 Å². The zero-order valence-corrected chi connectivity index (χ0v) is 12.7. The fourth-order valence-electron chi connectivity index (χ4n) is 1.61. The van der Waals surface area contributed by atoms with Gasteiger partial charge in [-0.1, -0.05) is 35.3 Å². The largest absolute Gasteiger partial charge is 0.384 e. The number of aliphatic hydroxyl groups excluding tert-OH is 1. The van der Waals surface area contributed by atoms with Crippen LogP contribution in [0.5, 0.6) is 0 Å². The van der Waals surface area contributed by atoms with Crippen molar-refractivity contribution in [2.45, 2.75) is 6.10 Å². The summed E-state index contributed by atoms with van der Waals surface area (Å²) in [6, 6.07) is 9.11. The molecular formula is C13H8Cl2FIO. The molecule has 0 fully saturated rings. The lowest BCUT2D eigenvalue weighted by Crippen LogP contribution is -2.03. The SMILES string of the molecule is OC(c1ccc(Cl)cc1Cl)c1ccc(F)cc1I. The van der Waals surface area contributed by atoms with Gasteiger partial charge in [-0.05, 0) is 52.4 Å². The van der Waals surface area contributed by atoms with Gasteiger partial charge in [0.15, 0.2) is 0 Å². The summed E-state index contributed by atoms with van der Waals surface area (Å²) in [5.74, 6) is -0.336. The van der Waals surface area contributed by atoms with Gasteiger partial charge < -0.3 is 5.11 Å². The van der Waals surface area contributed by atoms with Gasteiger partial charge in [0.25, 0.3) is 0 Å². The summed E-state index contributed by atoms with van der Waals surface area (Å²) >= 11 is 13.8. The molecule has 0 saturated carbocycles.